The van der Waals surface area contributed by atoms with Gasteiger partial charge in [0.15, 0.2) is 0 Å². The van der Waals surface area contributed by atoms with Crippen LogP contribution in [0.2, 0.25) is 0 Å². The van der Waals surface area contributed by atoms with E-state index in [4.69, 9.17) is 4.74 Å². The van der Waals surface area contributed by atoms with Gasteiger partial charge in [0.1, 0.15) is 5.75 Å². The van der Waals surface area contributed by atoms with Crippen molar-refractivity contribution in [2.45, 2.75) is 18.9 Å². The number of pyridine rings is 1. The van der Waals surface area contributed by atoms with Gasteiger partial charge in [-0.1, -0.05) is 0 Å². The summed E-state index contributed by atoms with van der Waals surface area (Å²) in [6, 6.07) is 8.63. The van der Waals surface area contributed by atoms with Crippen molar-refractivity contribution in [1.82, 2.24) is 14.0 Å². The summed E-state index contributed by atoms with van der Waals surface area (Å²) in [5, 5.41) is 12.0. The van der Waals surface area contributed by atoms with E-state index >= 15 is 0 Å². The SMILES string of the molecule is COc1ccc2c(c1)c(C(=O)N1CC3C[C@@H](C1)Cn1c3ccc([N+](=O)[O-])c1=O)cn2C. The number of methoxy groups -OCH3 is 1. The van der Waals surface area contributed by atoms with Crippen LogP contribution in [0.3, 0.4) is 0 Å². The first-order valence-electron chi connectivity index (χ1n) is 10.2. The smallest absolute Gasteiger partial charge is 0.334 e. The Morgan fingerprint density at radius 3 is 2.74 bits per heavy atom. The van der Waals surface area contributed by atoms with Crippen LogP contribution < -0.4 is 10.3 Å². The van der Waals surface area contributed by atoms with Crippen LogP contribution >= 0.6 is 0 Å². The summed E-state index contributed by atoms with van der Waals surface area (Å²) in [5.74, 6) is 0.707. The van der Waals surface area contributed by atoms with Gasteiger partial charge < -0.3 is 18.8 Å². The molecule has 2 atom stereocenters. The van der Waals surface area contributed by atoms with E-state index in [2.05, 4.69) is 0 Å². The van der Waals surface area contributed by atoms with E-state index in [-0.39, 0.29) is 17.7 Å². The van der Waals surface area contributed by atoms with Crippen LogP contribution in [-0.4, -0.2) is 45.1 Å². The van der Waals surface area contributed by atoms with Crippen LogP contribution in [0, 0.1) is 16.0 Å². The maximum atomic E-state index is 13.5. The third-order valence-corrected chi connectivity index (χ3v) is 6.50. The van der Waals surface area contributed by atoms with Gasteiger partial charge >= 0.3 is 11.2 Å². The number of likely N-dealkylation sites (tertiary alicyclic amines) is 1. The van der Waals surface area contributed by atoms with E-state index in [1.165, 1.54) is 10.6 Å². The first-order valence-corrected chi connectivity index (χ1v) is 10.2. The second kappa shape index (κ2) is 6.97. The van der Waals surface area contributed by atoms with Gasteiger partial charge in [-0.25, -0.2) is 0 Å². The maximum Gasteiger partial charge on any atom is 0.334 e. The Hall–Kier alpha value is -3.62. The minimum Gasteiger partial charge on any atom is -0.497 e. The van der Waals surface area contributed by atoms with Crippen molar-refractivity contribution in [2.75, 3.05) is 20.2 Å². The molecule has 160 valence electrons. The summed E-state index contributed by atoms with van der Waals surface area (Å²) in [6.07, 6.45) is 2.71. The van der Waals surface area contributed by atoms with E-state index in [1.54, 1.807) is 13.2 Å². The van der Waals surface area contributed by atoms with Gasteiger partial charge in [-0.2, -0.15) is 0 Å². The van der Waals surface area contributed by atoms with Crippen LogP contribution in [0.5, 0.6) is 5.75 Å². The third kappa shape index (κ3) is 2.99. The molecule has 0 spiro atoms. The quantitative estimate of drug-likeness (QED) is 0.477. The number of aryl methyl sites for hydroxylation is 1. The second-order valence-electron chi connectivity index (χ2n) is 8.36. The van der Waals surface area contributed by atoms with Crippen molar-refractivity contribution in [3.8, 4) is 5.75 Å². The number of carbonyl (C=O) groups excluding carboxylic acids is 1. The summed E-state index contributed by atoms with van der Waals surface area (Å²) in [6.45, 7) is 1.39. The molecule has 1 amide bonds. The number of rotatable bonds is 3. The number of nitro groups is 1. The van der Waals surface area contributed by atoms with E-state index in [9.17, 15) is 19.7 Å². The molecule has 9 nitrogen and oxygen atoms in total. The summed E-state index contributed by atoms with van der Waals surface area (Å²) < 4.78 is 8.80. The molecule has 0 saturated carbocycles. The predicted molar refractivity (Wildman–Crippen MR) is 114 cm³/mol. The highest BCUT2D eigenvalue weighted by Gasteiger charge is 2.38. The average Bonchev–Trinajstić information content (AvgIpc) is 3.09. The highest BCUT2D eigenvalue weighted by Crippen LogP contribution is 2.37. The highest BCUT2D eigenvalue weighted by atomic mass is 16.6. The molecule has 1 saturated heterocycles. The Balaban J connectivity index is 1.49. The van der Waals surface area contributed by atoms with Crippen molar-refractivity contribution in [3.05, 3.63) is 68.3 Å². The number of ether oxygens (including phenoxy) is 1. The molecule has 0 aliphatic carbocycles. The molecule has 1 aromatic carbocycles. The first-order chi connectivity index (χ1) is 14.9. The lowest BCUT2D eigenvalue weighted by molar-refractivity contribution is -0.386. The molecular weight excluding hydrogens is 400 g/mol. The van der Waals surface area contributed by atoms with Gasteiger partial charge in [0, 0.05) is 61.5 Å². The average molecular weight is 422 g/mol. The van der Waals surface area contributed by atoms with Crippen LogP contribution in [-0.2, 0) is 13.6 Å². The Labute approximate surface area is 177 Å². The molecule has 4 heterocycles. The van der Waals surface area contributed by atoms with Crippen molar-refractivity contribution >= 4 is 22.5 Å². The number of hydrogen-bond acceptors (Lipinski definition) is 5. The minimum atomic E-state index is -0.634. The number of benzene rings is 1. The number of aromatic nitrogens is 2. The van der Waals surface area contributed by atoms with Gasteiger partial charge in [-0.3, -0.25) is 19.7 Å². The zero-order valence-electron chi connectivity index (χ0n) is 17.3. The summed E-state index contributed by atoms with van der Waals surface area (Å²) in [4.78, 5) is 38.4. The fourth-order valence-corrected chi connectivity index (χ4v) is 5.08. The highest BCUT2D eigenvalue weighted by molar-refractivity contribution is 6.07. The molecule has 9 heteroatoms. The van der Waals surface area contributed by atoms with Crippen LogP contribution in [0.1, 0.15) is 28.4 Å². The minimum absolute atomic E-state index is 0.0190. The predicted octanol–water partition coefficient (Wildman–Crippen LogP) is 2.52. The largest absolute Gasteiger partial charge is 0.497 e. The standard InChI is InChI=1S/C22H22N4O5/c1-23-12-17(16-8-15(31-2)3-4-19(16)23)21(27)24-9-13-7-14(11-24)18-5-6-20(26(29)30)22(28)25(18)10-13/h3-6,8,12-14H,7,9-11H2,1-2H3/t13-,14?/m0/s1. The lowest BCUT2D eigenvalue weighted by Crippen LogP contribution is -2.49. The fraction of sp³-hybridized carbons (Fsp3) is 0.364. The van der Waals surface area contributed by atoms with Gasteiger partial charge in [-0.05, 0) is 36.6 Å². The fourth-order valence-electron chi connectivity index (χ4n) is 5.08. The molecule has 2 bridgehead atoms. The molecule has 1 unspecified atom stereocenters. The van der Waals surface area contributed by atoms with E-state index in [1.807, 2.05) is 40.9 Å². The molecule has 1 fully saturated rings. The Morgan fingerprint density at radius 2 is 2.00 bits per heavy atom. The number of hydrogen-bond donors (Lipinski definition) is 0. The molecule has 5 rings (SSSR count). The molecule has 2 aromatic heterocycles. The van der Waals surface area contributed by atoms with Crippen molar-refractivity contribution in [2.24, 2.45) is 13.0 Å². The van der Waals surface area contributed by atoms with E-state index in [0.717, 1.165) is 23.0 Å². The monoisotopic (exact) mass is 422 g/mol. The van der Waals surface area contributed by atoms with Gasteiger partial charge in [0.05, 0.1) is 17.6 Å². The summed E-state index contributed by atoms with van der Waals surface area (Å²) in [5.41, 5.74) is 1.38. The molecule has 2 aliphatic heterocycles. The van der Waals surface area contributed by atoms with E-state index in [0.29, 0.717) is 30.9 Å². The Kier molecular flexibility index (Phi) is 4.35. The van der Waals surface area contributed by atoms with Crippen molar-refractivity contribution in [3.63, 3.8) is 0 Å². The van der Waals surface area contributed by atoms with Crippen LogP contribution in [0.25, 0.3) is 10.9 Å². The Bertz CT molecular complexity index is 1290. The number of carbonyl (C=O) groups is 1. The van der Waals surface area contributed by atoms with Gasteiger partial charge in [0.25, 0.3) is 5.91 Å². The lowest BCUT2D eigenvalue weighted by atomic mass is 9.83. The molecular formula is C22H22N4O5. The normalized spacial score (nSPS) is 19.9. The summed E-state index contributed by atoms with van der Waals surface area (Å²) >= 11 is 0. The number of fused-ring (bicyclic) bond motifs is 5. The number of piperidine rings is 1. The summed E-state index contributed by atoms with van der Waals surface area (Å²) in [7, 11) is 3.51. The van der Waals surface area contributed by atoms with Crippen molar-refractivity contribution < 1.29 is 14.5 Å². The zero-order chi connectivity index (χ0) is 21.9. The molecule has 2 aliphatic rings. The topological polar surface area (TPSA) is 99.6 Å². The molecule has 3 aromatic rings. The lowest BCUT2D eigenvalue weighted by Gasteiger charge is -2.42. The molecule has 0 radical (unpaired) electrons. The van der Waals surface area contributed by atoms with Crippen LogP contribution in [0.15, 0.2) is 41.3 Å². The second-order valence-corrected chi connectivity index (χ2v) is 8.36. The van der Waals surface area contributed by atoms with Crippen molar-refractivity contribution in [1.29, 1.82) is 0 Å². The molecule has 31 heavy (non-hydrogen) atoms. The van der Waals surface area contributed by atoms with Gasteiger partial charge in [-0.15, -0.1) is 0 Å². The van der Waals surface area contributed by atoms with E-state index < -0.39 is 16.2 Å². The van der Waals surface area contributed by atoms with Gasteiger partial charge in [0.2, 0.25) is 0 Å². The Morgan fingerprint density at radius 1 is 1.19 bits per heavy atom. The third-order valence-electron chi connectivity index (χ3n) is 6.50. The number of nitrogens with zero attached hydrogens (tertiary/aromatic N) is 4. The van der Waals surface area contributed by atoms with Crippen LogP contribution in [0.4, 0.5) is 5.69 Å². The maximum absolute atomic E-state index is 13.5. The first kappa shape index (κ1) is 19.3. The molecule has 0 N–H and O–H groups in total. The zero-order valence-corrected chi connectivity index (χ0v) is 17.3. The number of amides is 1.